The summed E-state index contributed by atoms with van der Waals surface area (Å²) in [5.74, 6) is 1.75. The minimum absolute atomic E-state index is 0.0241. The van der Waals surface area contributed by atoms with Gasteiger partial charge in [-0.2, -0.15) is 0 Å². The molecule has 6 nitrogen and oxygen atoms in total. The van der Waals surface area contributed by atoms with Crippen molar-refractivity contribution in [3.8, 4) is 11.4 Å². The van der Waals surface area contributed by atoms with E-state index in [-0.39, 0.29) is 11.9 Å². The Morgan fingerprint density at radius 3 is 2.47 bits per heavy atom. The monoisotopic (exact) mass is 423 g/mol. The van der Waals surface area contributed by atoms with Crippen LogP contribution in [0.25, 0.3) is 11.4 Å². The summed E-state index contributed by atoms with van der Waals surface area (Å²) in [6.07, 6.45) is 5.59. The number of benzene rings is 1. The molecule has 1 aromatic carbocycles. The highest BCUT2D eigenvalue weighted by Gasteiger charge is 2.17. The van der Waals surface area contributed by atoms with E-state index in [4.69, 9.17) is 0 Å². The summed E-state index contributed by atoms with van der Waals surface area (Å²) in [5.41, 5.74) is 2.10. The average molecular weight is 424 g/mol. The number of hydrogen-bond donors (Lipinski definition) is 1. The van der Waals surface area contributed by atoms with Crippen molar-refractivity contribution in [3.63, 3.8) is 0 Å². The van der Waals surface area contributed by atoms with Crippen molar-refractivity contribution in [3.05, 3.63) is 60.4 Å². The van der Waals surface area contributed by atoms with Gasteiger partial charge in [-0.3, -0.25) is 14.3 Å². The Hall–Kier alpha value is -2.67. The molecule has 2 aromatic heterocycles. The molecule has 1 amide bonds. The van der Waals surface area contributed by atoms with E-state index in [1.807, 2.05) is 30.3 Å². The second-order valence-electron chi connectivity index (χ2n) is 7.84. The number of amides is 1. The molecule has 0 aliphatic rings. The Balaban J connectivity index is 1.71. The molecule has 0 spiro atoms. The van der Waals surface area contributed by atoms with Crippen LogP contribution in [0.1, 0.15) is 39.2 Å². The van der Waals surface area contributed by atoms with Crippen LogP contribution in [0.4, 0.5) is 0 Å². The maximum absolute atomic E-state index is 12.4. The lowest BCUT2D eigenvalue weighted by Gasteiger charge is -2.15. The standard InChI is InChI=1S/C23H29N5OS/c1-17(2)9-10-18(3)25-21(29)16-30-23-27-26-22(20-11-13-24-14-12-20)28(23)15-19-7-5-4-6-8-19/h4-8,11-14,17-18H,9-10,15-16H2,1-3H3,(H,25,29)/t18-/m1/s1. The van der Waals surface area contributed by atoms with E-state index < -0.39 is 0 Å². The van der Waals surface area contributed by atoms with Crippen LogP contribution < -0.4 is 5.32 Å². The van der Waals surface area contributed by atoms with Crippen LogP contribution in [0.15, 0.2) is 60.0 Å². The van der Waals surface area contributed by atoms with Gasteiger partial charge in [0.1, 0.15) is 0 Å². The molecule has 7 heteroatoms. The minimum atomic E-state index is 0.0241. The van der Waals surface area contributed by atoms with Crippen LogP contribution in [0.2, 0.25) is 0 Å². The minimum Gasteiger partial charge on any atom is -0.353 e. The Morgan fingerprint density at radius 2 is 1.77 bits per heavy atom. The highest BCUT2D eigenvalue weighted by molar-refractivity contribution is 7.99. The average Bonchev–Trinajstić information content (AvgIpc) is 3.14. The van der Waals surface area contributed by atoms with Gasteiger partial charge in [0.25, 0.3) is 0 Å². The maximum atomic E-state index is 12.4. The summed E-state index contributed by atoms with van der Waals surface area (Å²) in [4.78, 5) is 16.5. The van der Waals surface area contributed by atoms with Crippen molar-refractivity contribution < 1.29 is 4.79 Å². The first-order valence-corrected chi connectivity index (χ1v) is 11.3. The molecule has 0 radical (unpaired) electrons. The molecule has 0 saturated carbocycles. The number of nitrogens with one attached hydrogen (secondary N) is 1. The predicted molar refractivity (Wildman–Crippen MR) is 121 cm³/mol. The largest absolute Gasteiger partial charge is 0.353 e. The van der Waals surface area contributed by atoms with Gasteiger partial charge in [-0.25, -0.2) is 0 Å². The smallest absolute Gasteiger partial charge is 0.230 e. The van der Waals surface area contributed by atoms with Gasteiger partial charge in [-0.1, -0.05) is 55.9 Å². The normalized spacial score (nSPS) is 12.1. The maximum Gasteiger partial charge on any atom is 0.230 e. The van der Waals surface area contributed by atoms with E-state index >= 15 is 0 Å². The molecular weight excluding hydrogens is 394 g/mol. The Bertz CT molecular complexity index is 927. The van der Waals surface area contributed by atoms with Gasteiger partial charge in [0, 0.05) is 24.0 Å². The number of pyridine rings is 1. The van der Waals surface area contributed by atoms with Gasteiger partial charge < -0.3 is 5.32 Å². The topological polar surface area (TPSA) is 72.7 Å². The van der Waals surface area contributed by atoms with E-state index in [1.54, 1.807) is 12.4 Å². The first kappa shape index (κ1) is 22.0. The van der Waals surface area contributed by atoms with Gasteiger partial charge in [-0.15, -0.1) is 10.2 Å². The Kier molecular flexibility index (Phi) is 8.02. The number of hydrogen-bond acceptors (Lipinski definition) is 5. The number of thioether (sulfide) groups is 1. The number of nitrogens with zero attached hydrogens (tertiary/aromatic N) is 4. The molecule has 0 aliphatic heterocycles. The highest BCUT2D eigenvalue weighted by Crippen LogP contribution is 2.25. The fourth-order valence-electron chi connectivity index (χ4n) is 3.12. The molecule has 1 atom stereocenters. The molecule has 0 fully saturated rings. The van der Waals surface area contributed by atoms with Crippen molar-refractivity contribution >= 4 is 17.7 Å². The lowest BCUT2D eigenvalue weighted by Crippen LogP contribution is -2.34. The molecule has 2 heterocycles. The lowest BCUT2D eigenvalue weighted by molar-refractivity contribution is -0.119. The molecule has 30 heavy (non-hydrogen) atoms. The molecule has 0 bridgehead atoms. The Morgan fingerprint density at radius 1 is 1.03 bits per heavy atom. The number of aromatic nitrogens is 4. The van der Waals surface area contributed by atoms with Crippen LogP contribution >= 0.6 is 11.8 Å². The zero-order chi connectivity index (χ0) is 21.3. The fourth-order valence-corrected chi connectivity index (χ4v) is 3.87. The van der Waals surface area contributed by atoms with Gasteiger partial charge in [-0.05, 0) is 43.4 Å². The van der Waals surface area contributed by atoms with Crippen LogP contribution in [0.5, 0.6) is 0 Å². The first-order chi connectivity index (χ1) is 14.5. The summed E-state index contributed by atoms with van der Waals surface area (Å²) in [6.45, 7) is 7.10. The molecule has 0 unspecified atom stereocenters. The third kappa shape index (κ3) is 6.42. The highest BCUT2D eigenvalue weighted by atomic mass is 32.2. The van der Waals surface area contributed by atoms with Crippen LogP contribution in [0.3, 0.4) is 0 Å². The van der Waals surface area contributed by atoms with E-state index in [1.165, 1.54) is 11.8 Å². The van der Waals surface area contributed by atoms with Gasteiger partial charge in [0.15, 0.2) is 11.0 Å². The van der Waals surface area contributed by atoms with Gasteiger partial charge in [0.05, 0.1) is 12.3 Å². The third-order valence-electron chi connectivity index (χ3n) is 4.76. The summed E-state index contributed by atoms with van der Waals surface area (Å²) in [6, 6.07) is 14.2. The molecule has 1 N–H and O–H groups in total. The van der Waals surface area contributed by atoms with E-state index in [9.17, 15) is 4.79 Å². The van der Waals surface area contributed by atoms with Crippen molar-refractivity contribution in [1.29, 1.82) is 0 Å². The fraction of sp³-hybridized carbons (Fsp3) is 0.391. The van der Waals surface area contributed by atoms with Crippen molar-refractivity contribution in [2.75, 3.05) is 5.75 Å². The van der Waals surface area contributed by atoms with E-state index in [2.05, 4.69) is 58.0 Å². The molecule has 3 aromatic rings. The molecule has 0 aliphatic carbocycles. The van der Waals surface area contributed by atoms with Crippen LogP contribution in [0, 0.1) is 5.92 Å². The summed E-state index contributed by atoms with van der Waals surface area (Å²) in [7, 11) is 0. The predicted octanol–water partition coefficient (Wildman–Crippen LogP) is 4.42. The number of carbonyl (C=O) groups is 1. The summed E-state index contributed by atoms with van der Waals surface area (Å²) in [5, 5.41) is 12.6. The van der Waals surface area contributed by atoms with Gasteiger partial charge >= 0.3 is 0 Å². The molecule has 158 valence electrons. The zero-order valence-electron chi connectivity index (χ0n) is 17.8. The SMILES string of the molecule is CC(C)CC[C@@H](C)NC(=O)CSc1nnc(-c2ccncc2)n1Cc1ccccc1. The van der Waals surface area contributed by atoms with Crippen molar-refractivity contribution in [2.45, 2.75) is 51.4 Å². The Labute approximate surface area is 182 Å². The summed E-state index contributed by atoms with van der Waals surface area (Å²) >= 11 is 1.42. The van der Waals surface area contributed by atoms with Crippen LogP contribution in [-0.2, 0) is 11.3 Å². The van der Waals surface area contributed by atoms with Crippen LogP contribution in [-0.4, -0.2) is 37.5 Å². The third-order valence-corrected chi connectivity index (χ3v) is 5.72. The summed E-state index contributed by atoms with van der Waals surface area (Å²) < 4.78 is 2.06. The van der Waals surface area contributed by atoms with Crippen molar-refractivity contribution in [1.82, 2.24) is 25.1 Å². The van der Waals surface area contributed by atoms with Gasteiger partial charge in [0.2, 0.25) is 5.91 Å². The van der Waals surface area contributed by atoms with Crippen molar-refractivity contribution in [2.24, 2.45) is 5.92 Å². The molecule has 0 saturated heterocycles. The lowest BCUT2D eigenvalue weighted by atomic mass is 10.0. The quantitative estimate of drug-likeness (QED) is 0.489. The molecular formula is C23H29N5OS. The second kappa shape index (κ2) is 10.9. The molecule has 3 rings (SSSR count). The van der Waals surface area contributed by atoms with E-state index in [0.29, 0.717) is 18.2 Å². The number of carbonyl (C=O) groups excluding carboxylic acids is 1. The van der Waals surface area contributed by atoms with E-state index in [0.717, 1.165) is 34.9 Å². The zero-order valence-corrected chi connectivity index (χ0v) is 18.6. The second-order valence-corrected chi connectivity index (χ2v) is 8.78. The first-order valence-electron chi connectivity index (χ1n) is 10.3. The number of rotatable bonds is 10.